The molecule has 6 N–H and O–H groups in total. The predicted molar refractivity (Wildman–Crippen MR) is 143 cm³/mol. The number of rotatable bonds is 5. The summed E-state index contributed by atoms with van der Waals surface area (Å²) in [6.45, 7) is 1.51. The summed E-state index contributed by atoms with van der Waals surface area (Å²) in [6, 6.07) is 0.850. The summed E-state index contributed by atoms with van der Waals surface area (Å²) < 4.78 is 0. The quantitative estimate of drug-likeness (QED) is 0.214. The molecule has 6 atom stereocenters. The minimum atomic E-state index is -2.81. The maximum absolute atomic E-state index is 13.9. The SMILES string of the molecule is CN(C)[C@@H]1C(=O)C(C(N)=O)C(=O)[C@@]2(O)C(=O)C3C(=O)c4c(O)ccc(C(=O)CN5CCN(C(N)=O)CC5)c4C[C@H]3C[C@@H]12. The zero-order valence-electron chi connectivity index (χ0n) is 23.2. The fraction of sp³-hybridized carbons (Fsp3) is 0.536. The number of Topliss-reactive ketones (excluding diaryl/α,β-unsaturated/α-hetero) is 5. The van der Waals surface area contributed by atoms with Crippen LogP contribution in [0.2, 0.25) is 0 Å². The van der Waals surface area contributed by atoms with Crippen molar-refractivity contribution in [3.05, 3.63) is 28.8 Å². The van der Waals surface area contributed by atoms with Crippen LogP contribution in [0.5, 0.6) is 5.75 Å². The van der Waals surface area contributed by atoms with Crippen molar-refractivity contribution >= 4 is 40.9 Å². The number of fused-ring (bicyclic) bond motifs is 3. The molecule has 14 nitrogen and oxygen atoms in total. The van der Waals surface area contributed by atoms with Gasteiger partial charge in [0.15, 0.2) is 40.4 Å². The number of urea groups is 1. The van der Waals surface area contributed by atoms with Crippen LogP contribution < -0.4 is 11.5 Å². The van der Waals surface area contributed by atoms with Gasteiger partial charge in [0, 0.05) is 37.7 Å². The van der Waals surface area contributed by atoms with Crippen LogP contribution in [-0.2, 0) is 25.6 Å². The Morgan fingerprint density at radius 3 is 2.24 bits per heavy atom. The van der Waals surface area contributed by atoms with E-state index in [9.17, 15) is 43.8 Å². The molecule has 0 aromatic heterocycles. The number of phenolic OH excluding ortho intramolecular Hbond substituents is 1. The van der Waals surface area contributed by atoms with Crippen LogP contribution in [-0.4, -0.2) is 124 Å². The molecule has 5 rings (SSSR count). The van der Waals surface area contributed by atoms with Gasteiger partial charge in [-0.15, -0.1) is 0 Å². The number of benzene rings is 1. The van der Waals surface area contributed by atoms with E-state index in [1.807, 2.05) is 4.90 Å². The maximum atomic E-state index is 13.9. The molecule has 14 heteroatoms. The number of carbonyl (C=O) groups excluding carboxylic acids is 7. The minimum Gasteiger partial charge on any atom is -0.507 e. The number of ketones is 5. The van der Waals surface area contributed by atoms with Crippen LogP contribution in [0, 0.1) is 23.7 Å². The van der Waals surface area contributed by atoms with Crippen molar-refractivity contribution in [3.63, 3.8) is 0 Å². The molecule has 1 heterocycles. The van der Waals surface area contributed by atoms with E-state index < -0.39 is 76.1 Å². The van der Waals surface area contributed by atoms with Gasteiger partial charge in [-0.05, 0) is 50.6 Å². The molecule has 3 fully saturated rings. The molecule has 224 valence electrons. The predicted octanol–water partition coefficient (Wildman–Crippen LogP) is -2.25. The Morgan fingerprint density at radius 1 is 1.02 bits per heavy atom. The standard InChI is InChI=1S/C28H33N5O9/c1-31(2)21-15-10-12-9-14-13(17(35)11-32-5-7-33(8-6-32)27(30)41)3-4-16(34)19(14)22(36)18(12)24(38)28(15,42)25(39)20(23(21)37)26(29)40/h3-4,12,15,18,20-21,34,42H,5-11H2,1-2H3,(H2,29,40)(H2,30,41)/t12-,15-,18?,20?,21-,28-/m0/s1. The van der Waals surface area contributed by atoms with Crippen LogP contribution in [0.25, 0.3) is 0 Å². The lowest BCUT2D eigenvalue weighted by Crippen LogP contribution is -2.74. The van der Waals surface area contributed by atoms with Gasteiger partial charge >= 0.3 is 6.03 Å². The van der Waals surface area contributed by atoms with Gasteiger partial charge in [0.2, 0.25) is 5.91 Å². The van der Waals surface area contributed by atoms with E-state index in [1.54, 1.807) is 0 Å². The highest BCUT2D eigenvalue weighted by atomic mass is 16.3. The molecular weight excluding hydrogens is 550 g/mol. The summed E-state index contributed by atoms with van der Waals surface area (Å²) in [6.07, 6.45) is -0.112. The summed E-state index contributed by atoms with van der Waals surface area (Å²) in [7, 11) is 3.01. The fourth-order valence-electron chi connectivity index (χ4n) is 7.28. The third kappa shape index (κ3) is 4.32. The second-order valence-corrected chi connectivity index (χ2v) is 11.8. The lowest BCUT2D eigenvalue weighted by Gasteiger charge is -2.52. The molecule has 0 spiro atoms. The van der Waals surface area contributed by atoms with Gasteiger partial charge in [-0.2, -0.15) is 0 Å². The number of aromatic hydroxyl groups is 1. The van der Waals surface area contributed by atoms with Gasteiger partial charge < -0.3 is 26.6 Å². The number of amides is 3. The van der Waals surface area contributed by atoms with Crippen LogP contribution in [0.4, 0.5) is 4.79 Å². The van der Waals surface area contributed by atoms with E-state index in [1.165, 1.54) is 36.0 Å². The number of phenols is 1. The van der Waals surface area contributed by atoms with Crippen molar-refractivity contribution < 1.29 is 43.8 Å². The zero-order chi connectivity index (χ0) is 30.8. The monoisotopic (exact) mass is 583 g/mol. The van der Waals surface area contributed by atoms with Gasteiger partial charge in [-0.25, -0.2) is 4.79 Å². The topological polar surface area (TPSA) is 222 Å². The molecule has 2 unspecified atom stereocenters. The van der Waals surface area contributed by atoms with E-state index in [2.05, 4.69) is 0 Å². The number of nitrogens with zero attached hydrogens (tertiary/aromatic N) is 3. The molecule has 0 bridgehead atoms. The number of hydrogen-bond acceptors (Lipinski definition) is 11. The van der Waals surface area contributed by atoms with E-state index in [0.29, 0.717) is 26.2 Å². The Kier molecular flexibility index (Phi) is 7.28. The first kappa shape index (κ1) is 29.5. The Balaban J connectivity index is 1.50. The van der Waals surface area contributed by atoms with Crippen molar-refractivity contribution in [2.45, 2.75) is 24.5 Å². The first-order chi connectivity index (χ1) is 19.7. The van der Waals surface area contributed by atoms with Crippen molar-refractivity contribution in [1.82, 2.24) is 14.7 Å². The molecule has 2 saturated carbocycles. The molecule has 1 aliphatic heterocycles. The highest BCUT2D eigenvalue weighted by molar-refractivity contribution is 6.32. The first-order valence-electron chi connectivity index (χ1n) is 13.7. The molecule has 0 radical (unpaired) electrons. The molecular formula is C28H33N5O9. The molecule has 1 aromatic carbocycles. The van der Waals surface area contributed by atoms with E-state index >= 15 is 0 Å². The minimum absolute atomic E-state index is 0.00321. The van der Waals surface area contributed by atoms with Gasteiger partial charge in [0.05, 0.1) is 24.1 Å². The van der Waals surface area contributed by atoms with Crippen LogP contribution in [0.3, 0.4) is 0 Å². The summed E-state index contributed by atoms with van der Waals surface area (Å²) in [5.74, 6) is -11.9. The van der Waals surface area contributed by atoms with E-state index in [4.69, 9.17) is 11.5 Å². The lowest BCUT2D eigenvalue weighted by molar-refractivity contribution is -0.181. The number of primary amides is 2. The zero-order valence-corrected chi connectivity index (χ0v) is 23.2. The van der Waals surface area contributed by atoms with Gasteiger partial charge in [0.1, 0.15) is 5.75 Å². The Bertz CT molecular complexity index is 1430. The Hall–Kier alpha value is -4.01. The van der Waals surface area contributed by atoms with E-state index in [-0.39, 0.29) is 41.9 Å². The second-order valence-electron chi connectivity index (χ2n) is 11.8. The summed E-state index contributed by atoms with van der Waals surface area (Å²) in [4.78, 5) is 96.0. The van der Waals surface area contributed by atoms with Crippen molar-refractivity contribution in [3.8, 4) is 5.75 Å². The van der Waals surface area contributed by atoms with Crippen LogP contribution in [0.1, 0.15) is 32.7 Å². The highest BCUT2D eigenvalue weighted by Crippen LogP contribution is 2.51. The summed E-state index contributed by atoms with van der Waals surface area (Å²) in [5, 5.41) is 22.3. The fourth-order valence-corrected chi connectivity index (χ4v) is 7.28. The molecule has 1 saturated heterocycles. The number of likely N-dealkylation sites (N-methyl/N-ethyl adjacent to an activating group) is 1. The van der Waals surface area contributed by atoms with Crippen molar-refractivity contribution in [1.29, 1.82) is 0 Å². The number of hydrogen-bond donors (Lipinski definition) is 4. The number of piperazine rings is 1. The normalized spacial score (nSPS) is 31.4. The van der Waals surface area contributed by atoms with Gasteiger partial charge in [-0.1, -0.05) is 0 Å². The number of carbonyl (C=O) groups is 7. The molecule has 3 aliphatic carbocycles. The van der Waals surface area contributed by atoms with Crippen LogP contribution >= 0.6 is 0 Å². The van der Waals surface area contributed by atoms with Gasteiger partial charge in [-0.3, -0.25) is 38.6 Å². The lowest BCUT2D eigenvalue weighted by atomic mass is 9.52. The first-order valence-corrected chi connectivity index (χ1v) is 13.7. The van der Waals surface area contributed by atoms with Crippen molar-refractivity contribution in [2.75, 3.05) is 46.8 Å². The second kappa shape index (κ2) is 10.4. The molecule has 4 aliphatic rings. The van der Waals surface area contributed by atoms with Crippen molar-refractivity contribution in [2.24, 2.45) is 35.1 Å². The Morgan fingerprint density at radius 2 is 1.67 bits per heavy atom. The van der Waals surface area contributed by atoms with Crippen LogP contribution in [0.15, 0.2) is 12.1 Å². The average Bonchev–Trinajstić information content (AvgIpc) is 2.90. The largest absolute Gasteiger partial charge is 0.507 e. The number of aliphatic hydroxyl groups is 1. The summed E-state index contributed by atoms with van der Waals surface area (Å²) >= 11 is 0. The maximum Gasteiger partial charge on any atom is 0.314 e. The summed E-state index contributed by atoms with van der Waals surface area (Å²) in [5.41, 5.74) is 8.06. The molecule has 42 heavy (non-hydrogen) atoms. The highest BCUT2D eigenvalue weighted by Gasteiger charge is 2.69. The smallest absolute Gasteiger partial charge is 0.314 e. The third-order valence-corrected chi connectivity index (χ3v) is 9.30. The molecule has 3 amide bonds. The molecule has 1 aromatic rings. The van der Waals surface area contributed by atoms with E-state index in [0.717, 1.165) is 0 Å². The van der Waals surface area contributed by atoms with Gasteiger partial charge in [0.25, 0.3) is 0 Å². The average molecular weight is 584 g/mol. The Labute approximate surface area is 240 Å². The third-order valence-electron chi connectivity index (χ3n) is 9.30. The number of nitrogens with two attached hydrogens (primary N) is 2.